The Labute approximate surface area is 133 Å². The van der Waals surface area contributed by atoms with Gasteiger partial charge in [-0.1, -0.05) is 11.6 Å². The molecule has 11 heteroatoms. The molecule has 0 aliphatic carbocycles. The fraction of sp³-hybridized carbons (Fsp3) is 0.250. The molecular weight excluding hydrogens is 337 g/mol. The molecule has 0 bridgehead atoms. The van der Waals surface area contributed by atoms with Gasteiger partial charge in [-0.05, 0) is 18.2 Å². The Morgan fingerprint density at radius 2 is 2.22 bits per heavy atom. The van der Waals surface area contributed by atoms with Crippen molar-refractivity contribution in [3.05, 3.63) is 34.9 Å². The average Bonchev–Trinajstić information content (AvgIpc) is 2.94. The number of halogens is 4. The van der Waals surface area contributed by atoms with E-state index in [1.807, 2.05) is 0 Å². The van der Waals surface area contributed by atoms with E-state index in [1.165, 1.54) is 7.11 Å². The van der Waals surface area contributed by atoms with Crippen LogP contribution >= 0.6 is 11.6 Å². The van der Waals surface area contributed by atoms with Gasteiger partial charge in [0.15, 0.2) is 5.96 Å². The lowest BCUT2D eigenvalue weighted by atomic mass is 10.3. The molecule has 4 N–H and O–H groups in total. The fourth-order valence-corrected chi connectivity index (χ4v) is 1.84. The first kappa shape index (κ1) is 16.9. The standard InChI is InChI=1S/C12H12ClF3N6O/c1-23-8-3-2-6(4-7(8)13)19-11(17)18-5-9-20-10(22-21-9)12(14,15)16/h2-4H,5H2,1H3,(H3,17,18,19)(H,20,21,22). The molecule has 2 aromatic rings. The molecule has 1 aromatic heterocycles. The normalized spacial score (nSPS) is 12.3. The number of benzene rings is 1. The van der Waals surface area contributed by atoms with Gasteiger partial charge in [0.25, 0.3) is 5.82 Å². The van der Waals surface area contributed by atoms with Crippen LogP contribution in [0.25, 0.3) is 0 Å². The lowest BCUT2D eigenvalue weighted by Gasteiger charge is -2.08. The maximum atomic E-state index is 12.3. The first-order chi connectivity index (χ1) is 10.8. The largest absolute Gasteiger partial charge is 0.495 e. The van der Waals surface area contributed by atoms with Crippen LogP contribution in [0.1, 0.15) is 11.6 Å². The number of anilines is 1. The van der Waals surface area contributed by atoms with E-state index in [-0.39, 0.29) is 18.3 Å². The zero-order valence-electron chi connectivity index (χ0n) is 11.8. The number of rotatable bonds is 4. The zero-order chi connectivity index (χ0) is 17.0. The number of nitrogens with zero attached hydrogens (tertiary/aromatic N) is 3. The Hall–Kier alpha value is -2.49. The second-order valence-electron chi connectivity index (χ2n) is 4.28. The van der Waals surface area contributed by atoms with Crippen molar-refractivity contribution in [2.75, 3.05) is 12.4 Å². The second kappa shape index (κ2) is 6.73. The number of guanidine groups is 1. The summed E-state index contributed by atoms with van der Waals surface area (Å²) in [6.07, 6.45) is -4.61. The highest BCUT2D eigenvalue weighted by atomic mass is 35.5. The maximum Gasteiger partial charge on any atom is 0.453 e. The van der Waals surface area contributed by atoms with Crippen LogP contribution in [0.5, 0.6) is 5.75 Å². The smallest absolute Gasteiger partial charge is 0.453 e. The molecule has 0 radical (unpaired) electrons. The van der Waals surface area contributed by atoms with E-state index in [9.17, 15) is 13.2 Å². The van der Waals surface area contributed by atoms with E-state index in [2.05, 4.69) is 25.5 Å². The summed E-state index contributed by atoms with van der Waals surface area (Å²) >= 11 is 5.96. The van der Waals surface area contributed by atoms with Crippen molar-refractivity contribution in [3.8, 4) is 5.75 Å². The van der Waals surface area contributed by atoms with Crippen LogP contribution < -0.4 is 15.8 Å². The third kappa shape index (κ3) is 4.49. The van der Waals surface area contributed by atoms with Crippen molar-refractivity contribution in [2.24, 2.45) is 10.7 Å². The van der Waals surface area contributed by atoms with Gasteiger partial charge >= 0.3 is 6.18 Å². The Bertz CT molecular complexity index is 715. The summed E-state index contributed by atoms with van der Waals surface area (Å²) in [6.45, 7) is -0.189. The van der Waals surface area contributed by atoms with Crippen LogP contribution in [-0.4, -0.2) is 28.3 Å². The van der Waals surface area contributed by atoms with Crippen LogP contribution in [0.15, 0.2) is 23.2 Å². The fourth-order valence-electron chi connectivity index (χ4n) is 1.58. The maximum absolute atomic E-state index is 12.3. The SMILES string of the molecule is COc1ccc(NC(N)=NCc2nc(C(F)(F)F)n[nH]2)cc1Cl. The molecule has 0 amide bonds. The van der Waals surface area contributed by atoms with Crippen molar-refractivity contribution >= 4 is 23.2 Å². The van der Waals surface area contributed by atoms with Crippen LogP contribution in [0.3, 0.4) is 0 Å². The third-order valence-corrected chi connectivity index (χ3v) is 2.90. The highest BCUT2D eigenvalue weighted by Crippen LogP contribution is 2.27. The number of aliphatic imine (C=N–C) groups is 1. The van der Waals surface area contributed by atoms with Crippen LogP contribution in [0, 0.1) is 0 Å². The van der Waals surface area contributed by atoms with Crippen molar-refractivity contribution < 1.29 is 17.9 Å². The monoisotopic (exact) mass is 348 g/mol. The number of aromatic amines is 1. The van der Waals surface area contributed by atoms with Crippen molar-refractivity contribution in [3.63, 3.8) is 0 Å². The number of methoxy groups -OCH3 is 1. The molecule has 0 aliphatic heterocycles. The number of nitrogens with one attached hydrogen (secondary N) is 2. The van der Waals surface area contributed by atoms with Gasteiger partial charge in [0.05, 0.1) is 12.1 Å². The summed E-state index contributed by atoms with van der Waals surface area (Å²) in [5.74, 6) is -0.837. The van der Waals surface area contributed by atoms with Crippen molar-refractivity contribution in [1.82, 2.24) is 15.2 Å². The van der Waals surface area contributed by atoms with E-state index >= 15 is 0 Å². The van der Waals surface area contributed by atoms with E-state index in [0.717, 1.165) is 0 Å². The minimum absolute atomic E-state index is 0.0174. The van der Waals surface area contributed by atoms with Crippen molar-refractivity contribution in [2.45, 2.75) is 12.7 Å². The molecule has 0 spiro atoms. The summed E-state index contributed by atoms with van der Waals surface area (Å²) in [4.78, 5) is 7.14. The van der Waals surface area contributed by atoms with Gasteiger partial charge in [-0.25, -0.2) is 9.98 Å². The summed E-state index contributed by atoms with van der Waals surface area (Å²) in [5.41, 5.74) is 6.19. The molecule has 0 aliphatic rings. The van der Waals surface area contributed by atoms with Crippen LogP contribution in [-0.2, 0) is 12.7 Å². The highest BCUT2D eigenvalue weighted by molar-refractivity contribution is 6.32. The van der Waals surface area contributed by atoms with Gasteiger partial charge in [0.1, 0.15) is 18.1 Å². The molecule has 124 valence electrons. The molecule has 1 heterocycles. The highest BCUT2D eigenvalue weighted by Gasteiger charge is 2.35. The van der Waals surface area contributed by atoms with Gasteiger partial charge in [-0.15, -0.1) is 5.10 Å². The van der Waals surface area contributed by atoms with Gasteiger partial charge in [0, 0.05) is 5.69 Å². The number of nitrogens with two attached hydrogens (primary N) is 1. The molecular formula is C12H12ClF3N6O. The average molecular weight is 349 g/mol. The van der Waals surface area contributed by atoms with E-state index in [0.29, 0.717) is 16.5 Å². The molecule has 2 rings (SSSR count). The number of hydrogen-bond donors (Lipinski definition) is 3. The molecule has 1 aromatic carbocycles. The minimum atomic E-state index is -4.61. The summed E-state index contributed by atoms with van der Waals surface area (Å²) in [5, 5.41) is 8.32. The molecule has 0 atom stereocenters. The molecule has 0 unspecified atom stereocenters. The van der Waals surface area contributed by atoms with E-state index in [1.54, 1.807) is 18.2 Å². The molecule has 0 fully saturated rings. The number of alkyl halides is 3. The summed E-state index contributed by atoms with van der Waals surface area (Å²) in [6, 6.07) is 4.85. The topological polar surface area (TPSA) is 101 Å². The Balaban J connectivity index is 2.00. The zero-order valence-corrected chi connectivity index (χ0v) is 12.5. The predicted molar refractivity (Wildman–Crippen MR) is 78.3 cm³/mol. The predicted octanol–water partition coefficient (Wildman–Crippen LogP) is 2.41. The van der Waals surface area contributed by atoms with E-state index < -0.39 is 12.0 Å². The lowest BCUT2D eigenvalue weighted by Crippen LogP contribution is -2.22. The van der Waals surface area contributed by atoms with Gasteiger partial charge in [0.2, 0.25) is 0 Å². The first-order valence-electron chi connectivity index (χ1n) is 6.18. The number of aromatic nitrogens is 3. The Morgan fingerprint density at radius 3 is 2.78 bits per heavy atom. The summed E-state index contributed by atoms with van der Waals surface area (Å²) < 4.78 is 42.0. The van der Waals surface area contributed by atoms with Crippen LogP contribution in [0.4, 0.5) is 18.9 Å². The molecule has 0 saturated heterocycles. The minimum Gasteiger partial charge on any atom is -0.495 e. The molecule has 7 nitrogen and oxygen atoms in total. The lowest BCUT2D eigenvalue weighted by molar-refractivity contribution is -0.144. The second-order valence-corrected chi connectivity index (χ2v) is 4.69. The van der Waals surface area contributed by atoms with Crippen molar-refractivity contribution in [1.29, 1.82) is 0 Å². The Morgan fingerprint density at radius 1 is 1.48 bits per heavy atom. The quantitative estimate of drug-likeness (QED) is 0.582. The molecule has 23 heavy (non-hydrogen) atoms. The van der Waals surface area contributed by atoms with Crippen LogP contribution in [0.2, 0.25) is 5.02 Å². The number of hydrogen-bond acceptors (Lipinski definition) is 4. The number of H-pyrrole nitrogens is 1. The van der Waals surface area contributed by atoms with Gasteiger partial charge in [-0.2, -0.15) is 13.2 Å². The Kier molecular flexibility index (Phi) is 4.94. The van der Waals surface area contributed by atoms with Gasteiger partial charge < -0.3 is 15.8 Å². The van der Waals surface area contributed by atoms with Gasteiger partial charge in [-0.3, -0.25) is 5.10 Å². The first-order valence-corrected chi connectivity index (χ1v) is 6.56. The molecule has 0 saturated carbocycles. The third-order valence-electron chi connectivity index (χ3n) is 2.61. The number of ether oxygens (including phenoxy) is 1. The van der Waals surface area contributed by atoms with E-state index in [4.69, 9.17) is 22.1 Å². The summed E-state index contributed by atoms with van der Waals surface area (Å²) in [7, 11) is 1.48.